The summed E-state index contributed by atoms with van der Waals surface area (Å²) >= 11 is 0. The Morgan fingerprint density at radius 1 is 1.33 bits per heavy atom. The monoisotopic (exact) mass is 163 g/mol. The third kappa shape index (κ3) is 1.59. The molecule has 1 aromatic rings. The van der Waals surface area contributed by atoms with Crippen molar-refractivity contribution >= 4 is 0 Å². The lowest BCUT2D eigenvalue weighted by atomic mass is 10.3. The van der Waals surface area contributed by atoms with Crippen LogP contribution in [0.15, 0.2) is 30.3 Å². The molecule has 1 aliphatic carbocycles. The highest BCUT2D eigenvalue weighted by Crippen LogP contribution is 2.33. The minimum atomic E-state index is 0.373. The van der Waals surface area contributed by atoms with Gasteiger partial charge < -0.3 is 10.5 Å². The van der Waals surface area contributed by atoms with Gasteiger partial charge in [0.25, 0.3) is 0 Å². The van der Waals surface area contributed by atoms with Crippen LogP contribution in [0.3, 0.4) is 0 Å². The summed E-state index contributed by atoms with van der Waals surface area (Å²) in [6, 6.07) is 9.91. The number of para-hydroxylation sites is 1. The Bertz CT molecular complexity index is 247. The zero-order valence-corrected chi connectivity index (χ0v) is 6.94. The molecule has 2 atom stereocenters. The summed E-state index contributed by atoms with van der Waals surface area (Å²) in [4.78, 5) is 0. The second-order valence-corrected chi connectivity index (χ2v) is 3.20. The van der Waals surface area contributed by atoms with Crippen molar-refractivity contribution in [2.24, 2.45) is 11.7 Å². The first-order valence-electron chi connectivity index (χ1n) is 4.32. The van der Waals surface area contributed by atoms with E-state index in [4.69, 9.17) is 10.5 Å². The Hall–Kier alpha value is -1.02. The first-order chi connectivity index (χ1) is 5.90. The molecule has 2 nitrogen and oxygen atoms in total. The molecule has 0 aromatic heterocycles. The Labute approximate surface area is 72.3 Å². The van der Waals surface area contributed by atoms with Crippen LogP contribution in [0.5, 0.6) is 5.75 Å². The molecule has 0 bridgehead atoms. The van der Waals surface area contributed by atoms with Crippen LogP contribution in [0.2, 0.25) is 0 Å². The number of benzene rings is 1. The Kier molecular flexibility index (Phi) is 2.00. The minimum Gasteiger partial charge on any atom is -0.490 e. The summed E-state index contributed by atoms with van der Waals surface area (Å²) in [7, 11) is 0. The number of rotatable bonds is 3. The molecule has 12 heavy (non-hydrogen) atoms. The summed E-state index contributed by atoms with van der Waals surface area (Å²) in [5, 5.41) is 0. The van der Waals surface area contributed by atoms with Crippen molar-refractivity contribution in [1.82, 2.24) is 0 Å². The van der Waals surface area contributed by atoms with Gasteiger partial charge in [-0.3, -0.25) is 0 Å². The van der Waals surface area contributed by atoms with E-state index in [2.05, 4.69) is 0 Å². The van der Waals surface area contributed by atoms with Gasteiger partial charge in [-0.25, -0.2) is 0 Å². The van der Waals surface area contributed by atoms with E-state index in [-0.39, 0.29) is 0 Å². The van der Waals surface area contributed by atoms with E-state index in [1.165, 1.54) is 0 Å². The van der Waals surface area contributed by atoms with Crippen LogP contribution < -0.4 is 10.5 Å². The Balaban J connectivity index is 1.89. The van der Waals surface area contributed by atoms with E-state index in [0.29, 0.717) is 12.0 Å². The van der Waals surface area contributed by atoms with Crippen molar-refractivity contribution in [2.75, 3.05) is 6.54 Å². The summed E-state index contributed by atoms with van der Waals surface area (Å²) < 4.78 is 5.65. The number of nitrogens with two attached hydrogens (primary N) is 1. The van der Waals surface area contributed by atoms with Gasteiger partial charge in [0, 0.05) is 5.92 Å². The summed E-state index contributed by atoms with van der Waals surface area (Å²) in [6.07, 6.45) is 1.49. The summed E-state index contributed by atoms with van der Waals surface area (Å²) in [5.74, 6) is 1.55. The van der Waals surface area contributed by atoms with Gasteiger partial charge in [-0.2, -0.15) is 0 Å². The molecule has 2 rings (SSSR count). The van der Waals surface area contributed by atoms with E-state index >= 15 is 0 Å². The van der Waals surface area contributed by atoms with Crippen LogP contribution in [0.1, 0.15) is 6.42 Å². The molecule has 1 fully saturated rings. The normalized spacial score (nSPS) is 26.8. The molecule has 1 aromatic carbocycles. The molecular weight excluding hydrogens is 150 g/mol. The Morgan fingerprint density at radius 2 is 2.08 bits per heavy atom. The number of ether oxygens (including phenoxy) is 1. The molecule has 1 saturated carbocycles. The molecule has 2 N–H and O–H groups in total. The standard InChI is InChI=1S/C10H13NO/c11-7-8-6-10(8)12-9-4-2-1-3-5-9/h1-5,8,10H,6-7,11H2. The third-order valence-electron chi connectivity index (χ3n) is 2.19. The van der Waals surface area contributed by atoms with Gasteiger partial charge in [0.05, 0.1) is 0 Å². The molecule has 64 valence electrons. The highest BCUT2D eigenvalue weighted by atomic mass is 16.5. The van der Waals surface area contributed by atoms with Gasteiger partial charge in [-0.05, 0) is 25.1 Å². The summed E-state index contributed by atoms with van der Waals surface area (Å²) in [6.45, 7) is 0.748. The van der Waals surface area contributed by atoms with Gasteiger partial charge in [0.1, 0.15) is 11.9 Å². The van der Waals surface area contributed by atoms with Crippen molar-refractivity contribution in [1.29, 1.82) is 0 Å². The van der Waals surface area contributed by atoms with Crippen molar-refractivity contribution in [3.63, 3.8) is 0 Å². The lowest BCUT2D eigenvalue weighted by Crippen LogP contribution is -2.08. The van der Waals surface area contributed by atoms with E-state index in [1.54, 1.807) is 0 Å². The largest absolute Gasteiger partial charge is 0.490 e. The van der Waals surface area contributed by atoms with E-state index < -0.39 is 0 Å². The SMILES string of the molecule is NCC1CC1Oc1ccccc1. The molecule has 0 aliphatic heterocycles. The van der Waals surface area contributed by atoms with Gasteiger partial charge in [0.2, 0.25) is 0 Å². The molecule has 0 heterocycles. The minimum absolute atomic E-state index is 0.373. The van der Waals surface area contributed by atoms with Gasteiger partial charge in [-0.15, -0.1) is 0 Å². The highest BCUT2D eigenvalue weighted by molar-refractivity contribution is 5.22. The topological polar surface area (TPSA) is 35.2 Å². The van der Waals surface area contributed by atoms with Gasteiger partial charge in [0.15, 0.2) is 0 Å². The lowest BCUT2D eigenvalue weighted by Gasteiger charge is -2.03. The Morgan fingerprint density at radius 3 is 2.67 bits per heavy atom. The average molecular weight is 163 g/mol. The maximum absolute atomic E-state index is 5.65. The van der Waals surface area contributed by atoms with Crippen molar-refractivity contribution in [3.05, 3.63) is 30.3 Å². The smallest absolute Gasteiger partial charge is 0.119 e. The second-order valence-electron chi connectivity index (χ2n) is 3.20. The van der Waals surface area contributed by atoms with Crippen LogP contribution in [-0.4, -0.2) is 12.6 Å². The number of hydrogen-bond acceptors (Lipinski definition) is 2. The number of hydrogen-bond donors (Lipinski definition) is 1. The fourth-order valence-electron chi connectivity index (χ4n) is 1.29. The maximum atomic E-state index is 5.65. The van der Waals surface area contributed by atoms with Crippen molar-refractivity contribution in [2.45, 2.75) is 12.5 Å². The van der Waals surface area contributed by atoms with E-state index in [9.17, 15) is 0 Å². The third-order valence-corrected chi connectivity index (χ3v) is 2.19. The molecule has 0 amide bonds. The molecule has 2 heteroatoms. The average Bonchev–Trinajstić information content (AvgIpc) is 2.85. The fraction of sp³-hybridized carbons (Fsp3) is 0.400. The molecule has 0 spiro atoms. The molecule has 0 radical (unpaired) electrons. The molecule has 1 aliphatic rings. The molecule has 2 unspecified atom stereocenters. The zero-order valence-electron chi connectivity index (χ0n) is 6.94. The lowest BCUT2D eigenvalue weighted by molar-refractivity contribution is 0.285. The predicted octanol–water partition coefficient (Wildman–Crippen LogP) is 1.41. The van der Waals surface area contributed by atoms with Crippen LogP contribution in [-0.2, 0) is 0 Å². The fourth-order valence-corrected chi connectivity index (χ4v) is 1.29. The van der Waals surface area contributed by atoms with Crippen LogP contribution in [0, 0.1) is 5.92 Å². The maximum Gasteiger partial charge on any atom is 0.119 e. The highest BCUT2D eigenvalue weighted by Gasteiger charge is 2.37. The van der Waals surface area contributed by atoms with E-state index in [0.717, 1.165) is 18.7 Å². The molecule has 0 saturated heterocycles. The first kappa shape index (κ1) is 7.62. The van der Waals surface area contributed by atoms with Crippen molar-refractivity contribution in [3.8, 4) is 5.75 Å². The van der Waals surface area contributed by atoms with Crippen LogP contribution in [0.25, 0.3) is 0 Å². The molecular formula is C10H13NO. The van der Waals surface area contributed by atoms with Gasteiger partial charge in [-0.1, -0.05) is 18.2 Å². The second kappa shape index (κ2) is 3.15. The predicted molar refractivity (Wildman–Crippen MR) is 48.0 cm³/mol. The first-order valence-corrected chi connectivity index (χ1v) is 4.32. The van der Waals surface area contributed by atoms with Crippen LogP contribution in [0.4, 0.5) is 0 Å². The van der Waals surface area contributed by atoms with Crippen molar-refractivity contribution < 1.29 is 4.74 Å². The summed E-state index contributed by atoms with van der Waals surface area (Å²) in [5.41, 5.74) is 5.50. The van der Waals surface area contributed by atoms with Crippen LogP contribution >= 0.6 is 0 Å². The zero-order chi connectivity index (χ0) is 8.39. The quantitative estimate of drug-likeness (QED) is 0.731. The van der Waals surface area contributed by atoms with Gasteiger partial charge >= 0.3 is 0 Å². The van der Waals surface area contributed by atoms with E-state index in [1.807, 2.05) is 30.3 Å².